The third kappa shape index (κ3) is 3.23. The standard InChI is InChI=1S/C10H7BrF2O4/c1-16-9(15)5-2-7(11)6(4-14)8(3-5)17-10(12)13/h2-4,10H,1H3. The molecular weight excluding hydrogens is 302 g/mol. The number of alkyl halides is 2. The van der Waals surface area contributed by atoms with Crippen molar-refractivity contribution < 1.29 is 27.8 Å². The number of esters is 1. The van der Waals surface area contributed by atoms with Gasteiger partial charge >= 0.3 is 12.6 Å². The lowest BCUT2D eigenvalue weighted by atomic mass is 10.1. The van der Waals surface area contributed by atoms with Gasteiger partial charge in [-0.2, -0.15) is 8.78 Å². The molecule has 0 saturated heterocycles. The number of benzene rings is 1. The van der Waals surface area contributed by atoms with Crippen LogP contribution in [0, 0.1) is 0 Å². The molecule has 17 heavy (non-hydrogen) atoms. The first-order valence-corrected chi connectivity index (χ1v) is 5.10. The first kappa shape index (κ1) is 13.6. The fraction of sp³-hybridized carbons (Fsp3) is 0.200. The van der Waals surface area contributed by atoms with E-state index in [-0.39, 0.29) is 21.3 Å². The molecule has 1 aromatic carbocycles. The highest BCUT2D eigenvalue weighted by Crippen LogP contribution is 2.29. The van der Waals surface area contributed by atoms with Crippen LogP contribution in [-0.2, 0) is 4.74 Å². The van der Waals surface area contributed by atoms with Crippen molar-refractivity contribution >= 4 is 28.2 Å². The molecule has 7 heteroatoms. The summed E-state index contributed by atoms with van der Waals surface area (Å²) in [6.07, 6.45) is 0.350. The van der Waals surface area contributed by atoms with Gasteiger partial charge in [0.2, 0.25) is 0 Å². The van der Waals surface area contributed by atoms with Crippen molar-refractivity contribution in [1.82, 2.24) is 0 Å². The van der Waals surface area contributed by atoms with Gasteiger partial charge in [0.15, 0.2) is 6.29 Å². The number of hydrogen-bond donors (Lipinski definition) is 0. The van der Waals surface area contributed by atoms with E-state index in [1.807, 2.05) is 0 Å². The minimum absolute atomic E-state index is 0.000579. The maximum atomic E-state index is 12.1. The molecule has 0 atom stereocenters. The molecule has 0 bridgehead atoms. The summed E-state index contributed by atoms with van der Waals surface area (Å²) >= 11 is 2.98. The molecule has 0 aliphatic carbocycles. The van der Waals surface area contributed by atoms with E-state index in [9.17, 15) is 18.4 Å². The van der Waals surface area contributed by atoms with Crippen LogP contribution in [0.3, 0.4) is 0 Å². The van der Waals surface area contributed by atoms with Crippen LogP contribution in [0.15, 0.2) is 16.6 Å². The van der Waals surface area contributed by atoms with Crippen LogP contribution in [-0.4, -0.2) is 26.0 Å². The largest absolute Gasteiger partial charge is 0.465 e. The molecule has 0 radical (unpaired) electrons. The van der Waals surface area contributed by atoms with Crippen molar-refractivity contribution in [2.45, 2.75) is 6.61 Å². The van der Waals surface area contributed by atoms with Crippen molar-refractivity contribution in [3.8, 4) is 5.75 Å². The first-order valence-electron chi connectivity index (χ1n) is 4.31. The van der Waals surface area contributed by atoms with E-state index < -0.39 is 12.6 Å². The number of ether oxygens (including phenoxy) is 2. The number of carbonyl (C=O) groups excluding carboxylic acids is 2. The number of halogens is 3. The summed E-state index contributed by atoms with van der Waals surface area (Å²) in [5, 5.41) is 0. The number of methoxy groups -OCH3 is 1. The Morgan fingerprint density at radius 1 is 1.47 bits per heavy atom. The van der Waals surface area contributed by atoms with E-state index in [1.54, 1.807) is 0 Å². The zero-order valence-corrected chi connectivity index (χ0v) is 10.2. The van der Waals surface area contributed by atoms with E-state index in [0.717, 1.165) is 13.2 Å². The number of aldehydes is 1. The van der Waals surface area contributed by atoms with Crippen molar-refractivity contribution in [2.24, 2.45) is 0 Å². The Kier molecular flexibility index (Phi) is 4.56. The molecule has 92 valence electrons. The van der Waals surface area contributed by atoms with Gasteiger partial charge in [-0.3, -0.25) is 4.79 Å². The first-order chi connectivity index (χ1) is 7.99. The van der Waals surface area contributed by atoms with Crippen LogP contribution >= 0.6 is 15.9 Å². The van der Waals surface area contributed by atoms with Gasteiger partial charge in [-0.15, -0.1) is 0 Å². The highest BCUT2D eigenvalue weighted by atomic mass is 79.9. The second-order valence-corrected chi connectivity index (χ2v) is 3.71. The lowest BCUT2D eigenvalue weighted by Crippen LogP contribution is -2.08. The summed E-state index contributed by atoms with van der Waals surface area (Å²) in [6, 6.07) is 2.31. The molecule has 0 spiro atoms. The molecule has 1 aromatic rings. The monoisotopic (exact) mass is 308 g/mol. The van der Waals surface area contributed by atoms with Gasteiger partial charge in [0.1, 0.15) is 5.75 Å². The maximum Gasteiger partial charge on any atom is 0.387 e. The SMILES string of the molecule is COC(=O)c1cc(Br)c(C=O)c(OC(F)F)c1. The molecule has 0 fully saturated rings. The molecular formula is C10H7BrF2O4. The molecule has 0 unspecified atom stereocenters. The minimum Gasteiger partial charge on any atom is -0.465 e. The van der Waals surface area contributed by atoms with Crippen LogP contribution in [0.4, 0.5) is 8.78 Å². The summed E-state index contributed by atoms with van der Waals surface area (Å²) in [5.74, 6) is -1.10. The third-order valence-electron chi connectivity index (χ3n) is 1.85. The Labute approximate surface area is 104 Å². The van der Waals surface area contributed by atoms with Crippen molar-refractivity contribution in [1.29, 1.82) is 0 Å². The van der Waals surface area contributed by atoms with E-state index in [2.05, 4.69) is 25.4 Å². The fourth-order valence-electron chi connectivity index (χ4n) is 1.14. The predicted octanol–water partition coefficient (Wildman–Crippen LogP) is 2.65. The molecule has 0 amide bonds. The molecule has 0 aromatic heterocycles. The van der Waals surface area contributed by atoms with Crippen LogP contribution < -0.4 is 4.74 Å². The summed E-state index contributed by atoms with van der Waals surface area (Å²) in [7, 11) is 1.15. The summed E-state index contributed by atoms with van der Waals surface area (Å²) in [5.41, 5.74) is -0.0985. The van der Waals surface area contributed by atoms with Gasteiger partial charge in [0.25, 0.3) is 0 Å². The van der Waals surface area contributed by atoms with Crippen molar-refractivity contribution in [3.63, 3.8) is 0 Å². The van der Waals surface area contributed by atoms with E-state index in [4.69, 9.17) is 0 Å². The number of hydrogen-bond acceptors (Lipinski definition) is 4. The number of rotatable bonds is 4. The summed E-state index contributed by atoms with van der Waals surface area (Å²) in [6.45, 7) is -3.09. The maximum absolute atomic E-state index is 12.1. The highest BCUT2D eigenvalue weighted by Gasteiger charge is 2.17. The van der Waals surface area contributed by atoms with Crippen LogP contribution in [0.1, 0.15) is 20.7 Å². The van der Waals surface area contributed by atoms with Gasteiger partial charge < -0.3 is 9.47 Å². The Morgan fingerprint density at radius 2 is 2.12 bits per heavy atom. The minimum atomic E-state index is -3.09. The zero-order valence-electron chi connectivity index (χ0n) is 8.58. The average molecular weight is 309 g/mol. The van der Waals surface area contributed by atoms with Crippen LogP contribution in [0.2, 0.25) is 0 Å². The molecule has 0 saturated carbocycles. The second kappa shape index (κ2) is 5.72. The smallest absolute Gasteiger partial charge is 0.387 e. The van der Waals surface area contributed by atoms with E-state index in [0.29, 0.717) is 6.29 Å². The lowest BCUT2D eigenvalue weighted by molar-refractivity contribution is -0.0501. The third-order valence-corrected chi connectivity index (χ3v) is 2.50. The lowest BCUT2D eigenvalue weighted by Gasteiger charge is -2.10. The van der Waals surface area contributed by atoms with Crippen LogP contribution in [0.25, 0.3) is 0 Å². The normalized spacial score (nSPS) is 10.2. The van der Waals surface area contributed by atoms with Gasteiger partial charge in [-0.1, -0.05) is 0 Å². The molecule has 4 nitrogen and oxygen atoms in total. The summed E-state index contributed by atoms with van der Waals surface area (Å²) < 4.78 is 33.0. The van der Waals surface area contributed by atoms with Crippen LogP contribution in [0.5, 0.6) is 5.75 Å². The molecule has 0 N–H and O–H groups in total. The zero-order chi connectivity index (χ0) is 13.0. The number of carbonyl (C=O) groups is 2. The molecule has 1 rings (SSSR count). The molecule has 0 heterocycles. The van der Waals surface area contributed by atoms with E-state index in [1.165, 1.54) is 6.07 Å². The van der Waals surface area contributed by atoms with Gasteiger partial charge in [-0.25, -0.2) is 4.79 Å². The Balaban J connectivity index is 3.28. The van der Waals surface area contributed by atoms with Gasteiger partial charge in [0.05, 0.1) is 18.2 Å². The Bertz CT molecular complexity index is 448. The van der Waals surface area contributed by atoms with Crippen molar-refractivity contribution in [2.75, 3.05) is 7.11 Å². The topological polar surface area (TPSA) is 52.6 Å². The second-order valence-electron chi connectivity index (χ2n) is 2.86. The predicted molar refractivity (Wildman–Crippen MR) is 57.5 cm³/mol. The highest BCUT2D eigenvalue weighted by molar-refractivity contribution is 9.10. The van der Waals surface area contributed by atoms with Gasteiger partial charge in [0, 0.05) is 4.47 Å². The summed E-state index contributed by atoms with van der Waals surface area (Å²) in [4.78, 5) is 21.9. The Hall–Kier alpha value is -1.50. The van der Waals surface area contributed by atoms with Crippen molar-refractivity contribution in [3.05, 3.63) is 27.7 Å². The molecule has 0 aliphatic rings. The Morgan fingerprint density at radius 3 is 2.59 bits per heavy atom. The molecule has 0 aliphatic heterocycles. The quantitative estimate of drug-likeness (QED) is 0.634. The average Bonchev–Trinajstić information content (AvgIpc) is 2.26. The van der Waals surface area contributed by atoms with Gasteiger partial charge in [-0.05, 0) is 28.1 Å². The fourth-order valence-corrected chi connectivity index (χ4v) is 1.67. The van der Waals surface area contributed by atoms with E-state index >= 15 is 0 Å².